The van der Waals surface area contributed by atoms with Gasteiger partial charge in [-0.3, -0.25) is 14.4 Å². The topological polar surface area (TPSA) is 112 Å². The quantitative estimate of drug-likeness (QED) is 0.312. The molecular weight excluding hydrogens is 576 g/mol. The van der Waals surface area contributed by atoms with Crippen molar-refractivity contribution in [1.29, 1.82) is 0 Å². The summed E-state index contributed by atoms with van der Waals surface area (Å²) in [6.07, 6.45) is 4.74. The third-order valence-corrected chi connectivity index (χ3v) is 11.2. The number of nitrogens with zero attached hydrogens (tertiary/aromatic N) is 6. The minimum atomic E-state index is -0.841. The lowest BCUT2D eigenvalue weighted by Crippen LogP contribution is -2.57. The molecule has 0 saturated carbocycles. The summed E-state index contributed by atoms with van der Waals surface area (Å²) in [5, 5.41) is 18.7. The Bertz CT molecular complexity index is 1580. The fourth-order valence-electron chi connectivity index (χ4n) is 7.35. The number of likely N-dealkylation sites (tertiary alicyclic amines) is 1. The Balaban J connectivity index is 1.35. The second kappa shape index (κ2) is 12.2. The van der Waals surface area contributed by atoms with E-state index < -0.39 is 28.7 Å². The van der Waals surface area contributed by atoms with Crippen LogP contribution in [0.2, 0.25) is 0 Å². The van der Waals surface area contributed by atoms with Gasteiger partial charge in [-0.05, 0) is 37.5 Å². The molecule has 3 fully saturated rings. The summed E-state index contributed by atoms with van der Waals surface area (Å²) >= 11 is 1.62. The Labute approximate surface area is 261 Å². The molecule has 3 aliphatic heterocycles. The molecular formula is C33H38N6O4S. The summed E-state index contributed by atoms with van der Waals surface area (Å²) in [7, 11) is 0. The Hall–Kier alpha value is -3.96. The highest BCUT2D eigenvalue weighted by Gasteiger charge is 2.74. The number of hydrogen-bond acceptors (Lipinski definition) is 7. The standard InChI is InChI=1S/C33H38N6O4S/c1-4-17-36(19-23-11-7-6-8-12-23)30(41)27-26-15-16-33(44-26)28(27)31(42)39(22(3)20-40)29(33)32(43)37(18-5-2)21-38-25-14-10-9-13-24(25)34-35-38/h4-14,22,26-29,40H,1-2,15-21H2,3H3/t22-,26+,27-,28+,29?,33?/m1/s1. The van der Waals surface area contributed by atoms with E-state index >= 15 is 0 Å². The van der Waals surface area contributed by atoms with Crippen LogP contribution in [-0.2, 0) is 27.6 Å². The van der Waals surface area contributed by atoms with Gasteiger partial charge < -0.3 is 19.8 Å². The highest BCUT2D eigenvalue weighted by Crippen LogP contribution is 2.67. The number of benzene rings is 2. The summed E-state index contributed by atoms with van der Waals surface area (Å²) in [4.78, 5) is 48.4. The van der Waals surface area contributed by atoms with Crippen LogP contribution in [0.1, 0.15) is 25.3 Å². The number of fused-ring (bicyclic) bond motifs is 2. The molecule has 3 aromatic rings. The monoisotopic (exact) mass is 614 g/mol. The zero-order chi connectivity index (χ0) is 31.0. The van der Waals surface area contributed by atoms with E-state index in [1.807, 2.05) is 54.6 Å². The molecule has 3 aliphatic rings. The van der Waals surface area contributed by atoms with Crippen molar-refractivity contribution in [2.75, 3.05) is 19.7 Å². The van der Waals surface area contributed by atoms with Crippen molar-refractivity contribution in [2.24, 2.45) is 11.8 Å². The van der Waals surface area contributed by atoms with Crippen molar-refractivity contribution in [3.05, 3.63) is 85.5 Å². The summed E-state index contributed by atoms with van der Waals surface area (Å²) in [5.74, 6) is -1.80. The first-order chi connectivity index (χ1) is 21.3. The van der Waals surface area contributed by atoms with Crippen LogP contribution in [0.4, 0.5) is 0 Å². The first kappa shape index (κ1) is 30.1. The van der Waals surface area contributed by atoms with Crippen LogP contribution < -0.4 is 0 Å². The maximum Gasteiger partial charge on any atom is 0.248 e. The number of thioether (sulfide) groups is 1. The van der Waals surface area contributed by atoms with Crippen LogP contribution in [0.15, 0.2) is 79.9 Å². The molecule has 11 heteroatoms. The van der Waals surface area contributed by atoms with E-state index in [4.69, 9.17) is 0 Å². The fourth-order valence-corrected chi connectivity index (χ4v) is 9.54. The molecule has 10 nitrogen and oxygen atoms in total. The van der Waals surface area contributed by atoms with Crippen LogP contribution in [-0.4, -0.2) is 94.3 Å². The molecule has 1 aromatic heterocycles. The number of aromatic nitrogens is 3. The second-order valence-electron chi connectivity index (χ2n) is 11.9. The van der Waals surface area contributed by atoms with Gasteiger partial charge in [-0.1, -0.05) is 59.8 Å². The molecule has 4 heterocycles. The molecule has 44 heavy (non-hydrogen) atoms. The summed E-state index contributed by atoms with van der Waals surface area (Å²) in [6.45, 7) is 10.3. The maximum atomic E-state index is 14.7. The Morgan fingerprint density at radius 1 is 1.09 bits per heavy atom. The van der Waals surface area contributed by atoms with Gasteiger partial charge in [0.1, 0.15) is 18.2 Å². The van der Waals surface area contributed by atoms with Crippen LogP contribution >= 0.6 is 11.8 Å². The molecule has 3 amide bonds. The lowest BCUT2D eigenvalue weighted by Gasteiger charge is -2.39. The molecule has 6 atom stereocenters. The van der Waals surface area contributed by atoms with Crippen molar-refractivity contribution in [3.8, 4) is 0 Å². The van der Waals surface area contributed by atoms with Gasteiger partial charge in [0.2, 0.25) is 17.7 Å². The SMILES string of the molecule is C=CCN(Cn1nnc2ccccc21)C(=O)C1N([C@H](C)CO)C(=O)[C@@H]2[C@H](C(=O)N(CC=C)Cc3ccccc3)[C@@H]3CCC12S3. The van der Waals surface area contributed by atoms with E-state index in [2.05, 4.69) is 23.5 Å². The highest BCUT2D eigenvalue weighted by molar-refractivity contribution is 8.02. The van der Waals surface area contributed by atoms with Gasteiger partial charge in [0, 0.05) is 24.9 Å². The van der Waals surface area contributed by atoms with Crippen LogP contribution in [0.3, 0.4) is 0 Å². The van der Waals surface area contributed by atoms with Gasteiger partial charge in [0.25, 0.3) is 0 Å². The lowest BCUT2D eigenvalue weighted by atomic mass is 9.70. The third kappa shape index (κ3) is 4.92. The molecule has 2 aromatic carbocycles. The number of rotatable bonds is 12. The predicted octanol–water partition coefficient (Wildman–Crippen LogP) is 3.09. The molecule has 1 N–H and O–H groups in total. The van der Waals surface area contributed by atoms with Crippen molar-refractivity contribution < 1.29 is 19.5 Å². The Kier molecular flexibility index (Phi) is 8.34. The molecule has 0 aliphatic carbocycles. The largest absolute Gasteiger partial charge is 0.394 e. The van der Waals surface area contributed by atoms with E-state index in [9.17, 15) is 19.5 Å². The van der Waals surface area contributed by atoms with Crippen LogP contribution in [0, 0.1) is 11.8 Å². The van der Waals surface area contributed by atoms with Gasteiger partial charge in [-0.25, -0.2) is 4.68 Å². The van der Waals surface area contributed by atoms with Crippen molar-refractivity contribution >= 4 is 40.5 Å². The predicted molar refractivity (Wildman–Crippen MR) is 169 cm³/mol. The highest BCUT2D eigenvalue weighted by atomic mass is 32.2. The first-order valence-electron chi connectivity index (χ1n) is 15.1. The number of aliphatic hydroxyl groups excluding tert-OH is 1. The van der Waals surface area contributed by atoms with E-state index in [-0.39, 0.29) is 42.8 Å². The van der Waals surface area contributed by atoms with Gasteiger partial charge >= 0.3 is 0 Å². The second-order valence-corrected chi connectivity index (χ2v) is 13.5. The summed E-state index contributed by atoms with van der Waals surface area (Å²) in [6, 6.07) is 15.9. The number of hydrogen-bond donors (Lipinski definition) is 1. The molecule has 0 radical (unpaired) electrons. The van der Waals surface area contributed by atoms with Gasteiger partial charge in [-0.2, -0.15) is 0 Å². The minimum Gasteiger partial charge on any atom is -0.394 e. The van der Waals surface area contributed by atoms with E-state index in [1.54, 1.807) is 50.2 Å². The van der Waals surface area contributed by atoms with Crippen LogP contribution in [0.25, 0.3) is 11.0 Å². The number of carbonyl (C=O) groups excluding carboxylic acids is 3. The number of para-hydroxylation sites is 1. The fraction of sp³-hybridized carbons (Fsp3) is 0.424. The summed E-state index contributed by atoms with van der Waals surface area (Å²) < 4.78 is 0.893. The molecule has 3 saturated heterocycles. The zero-order valence-electron chi connectivity index (χ0n) is 24.9. The summed E-state index contributed by atoms with van der Waals surface area (Å²) in [5.41, 5.74) is 2.50. The van der Waals surface area contributed by atoms with Gasteiger partial charge in [0.05, 0.1) is 34.7 Å². The average molecular weight is 615 g/mol. The Morgan fingerprint density at radius 2 is 1.80 bits per heavy atom. The van der Waals surface area contributed by atoms with Crippen molar-refractivity contribution in [2.45, 2.75) is 55.1 Å². The Morgan fingerprint density at radius 3 is 2.52 bits per heavy atom. The normalized spacial score (nSPS) is 26.0. The number of amides is 3. The smallest absolute Gasteiger partial charge is 0.248 e. The van der Waals surface area contributed by atoms with Gasteiger partial charge in [0.15, 0.2) is 0 Å². The van der Waals surface area contributed by atoms with Crippen molar-refractivity contribution in [1.82, 2.24) is 29.7 Å². The molecule has 2 unspecified atom stereocenters. The van der Waals surface area contributed by atoms with Crippen LogP contribution in [0.5, 0.6) is 0 Å². The molecule has 2 bridgehead atoms. The van der Waals surface area contributed by atoms with E-state index in [0.717, 1.165) is 23.0 Å². The number of aliphatic hydroxyl groups is 1. The van der Waals surface area contributed by atoms with Gasteiger partial charge in [-0.15, -0.1) is 30.0 Å². The molecule has 1 spiro atoms. The first-order valence-corrected chi connectivity index (χ1v) is 15.9. The molecule has 230 valence electrons. The zero-order valence-corrected chi connectivity index (χ0v) is 25.7. The van der Waals surface area contributed by atoms with Crippen molar-refractivity contribution in [3.63, 3.8) is 0 Å². The van der Waals surface area contributed by atoms with E-state index in [0.29, 0.717) is 19.5 Å². The minimum absolute atomic E-state index is 0.0754. The third-order valence-electron chi connectivity index (χ3n) is 9.26. The lowest BCUT2D eigenvalue weighted by molar-refractivity contribution is -0.147. The average Bonchev–Trinajstić information content (AvgIpc) is 3.79. The maximum absolute atomic E-state index is 14.7. The number of carbonyl (C=O) groups is 3. The van der Waals surface area contributed by atoms with E-state index in [1.165, 1.54) is 0 Å². The molecule has 6 rings (SSSR count).